The van der Waals surface area contributed by atoms with Gasteiger partial charge in [-0.05, 0) is 93.0 Å². The third-order valence-electron chi connectivity index (χ3n) is 10.6. The van der Waals surface area contributed by atoms with Gasteiger partial charge in [0.2, 0.25) is 0 Å². The number of carbonyl (C=O) groups is 2. The fourth-order valence-electron chi connectivity index (χ4n) is 8.37. The van der Waals surface area contributed by atoms with Crippen LogP contribution < -0.4 is 0 Å². The number of hydrogen-bond acceptors (Lipinski definition) is 3. The lowest BCUT2D eigenvalue weighted by atomic mass is 9.45. The summed E-state index contributed by atoms with van der Waals surface area (Å²) in [5.74, 6) is 0.412. The highest BCUT2D eigenvalue weighted by atomic mass is 16.4. The van der Waals surface area contributed by atoms with Gasteiger partial charge in [-0.2, -0.15) is 0 Å². The van der Waals surface area contributed by atoms with E-state index in [0.717, 1.165) is 44.1 Å². The van der Waals surface area contributed by atoms with Crippen molar-refractivity contribution in [1.82, 2.24) is 0 Å². The van der Waals surface area contributed by atoms with Gasteiger partial charge in [-0.3, -0.25) is 9.59 Å². The second-order valence-corrected chi connectivity index (χ2v) is 12.1. The van der Waals surface area contributed by atoms with Crippen molar-refractivity contribution in [2.45, 2.75) is 97.5 Å². The largest absolute Gasteiger partial charge is 0.481 e. The Hall–Kier alpha value is -1.42. The van der Waals surface area contributed by atoms with Gasteiger partial charge in [0.1, 0.15) is 0 Å². The maximum absolute atomic E-state index is 12.4. The van der Waals surface area contributed by atoms with Crippen molar-refractivity contribution < 1.29 is 19.8 Å². The first-order valence-electron chi connectivity index (χ1n) is 12.8. The van der Waals surface area contributed by atoms with Gasteiger partial charge < -0.3 is 10.2 Å². The molecule has 32 heavy (non-hydrogen) atoms. The normalized spacial score (nSPS) is 42.0. The van der Waals surface area contributed by atoms with Gasteiger partial charge in [0.15, 0.2) is 5.78 Å². The number of aliphatic hydroxyl groups is 1. The molecule has 3 fully saturated rings. The highest BCUT2D eigenvalue weighted by molar-refractivity contribution is 5.91. The van der Waals surface area contributed by atoms with Crippen molar-refractivity contribution >= 4 is 11.8 Å². The number of fused-ring (bicyclic) bond motifs is 5. The zero-order chi connectivity index (χ0) is 23.5. The van der Waals surface area contributed by atoms with E-state index in [4.69, 9.17) is 0 Å². The zero-order valence-electron chi connectivity index (χ0n) is 20.5. The fraction of sp³-hybridized carbons (Fsp3) is 0.786. The third kappa shape index (κ3) is 3.43. The van der Waals surface area contributed by atoms with Crippen molar-refractivity contribution in [2.75, 3.05) is 0 Å². The first kappa shape index (κ1) is 23.7. The maximum Gasteiger partial charge on any atom is 0.309 e. The van der Waals surface area contributed by atoms with Crippen LogP contribution in [0.25, 0.3) is 0 Å². The molecule has 4 aliphatic rings. The molecule has 178 valence electrons. The number of hydrogen-bond donors (Lipinski definition) is 2. The molecule has 0 aromatic rings. The number of rotatable bonds is 6. The van der Waals surface area contributed by atoms with Crippen LogP contribution in [0.1, 0.15) is 91.9 Å². The second-order valence-electron chi connectivity index (χ2n) is 12.1. The summed E-state index contributed by atoms with van der Waals surface area (Å²) in [7, 11) is 0. The van der Waals surface area contributed by atoms with Gasteiger partial charge in [-0.25, -0.2) is 0 Å². The van der Waals surface area contributed by atoms with E-state index in [-0.39, 0.29) is 16.6 Å². The van der Waals surface area contributed by atoms with Crippen LogP contribution in [-0.4, -0.2) is 27.6 Å². The number of allylic oxidation sites excluding steroid dienone is 2. The zero-order valence-corrected chi connectivity index (χ0v) is 20.5. The molecule has 0 spiro atoms. The minimum absolute atomic E-state index is 0.0973. The van der Waals surface area contributed by atoms with Gasteiger partial charge in [0, 0.05) is 11.8 Å². The summed E-state index contributed by atoms with van der Waals surface area (Å²) in [5.41, 5.74) is 0.987. The van der Waals surface area contributed by atoms with E-state index in [0.29, 0.717) is 49.4 Å². The Balaban J connectivity index is 1.60. The van der Waals surface area contributed by atoms with Crippen LogP contribution in [-0.2, 0) is 9.59 Å². The quantitative estimate of drug-likeness (QED) is 0.499. The van der Waals surface area contributed by atoms with E-state index in [1.165, 1.54) is 5.57 Å². The number of carbonyl (C=O) groups excluding carboxylic acids is 1. The molecule has 3 saturated carbocycles. The standard InChI is InChI=1S/C28H42O4/c1-17(2)18(3)6-9-24(25(30)31)28(32)15-12-23-21-8-7-19-16-20(29)10-13-26(19,4)22(21)11-14-27(23,28)5/h16-17,21-24,32H,3,6-15H2,1-2,4-5H3,(H,30,31). The van der Waals surface area contributed by atoms with Crippen LogP contribution in [0.3, 0.4) is 0 Å². The predicted molar refractivity (Wildman–Crippen MR) is 126 cm³/mol. The lowest BCUT2D eigenvalue weighted by molar-refractivity contribution is -0.178. The summed E-state index contributed by atoms with van der Waals surface area (Å²) in [6.07, 6.45) is 10.1. The lowest BCUT2D eigenvalue weighted by Gasteiger charge is -2.59. The molecule has 0 bridgehead atoms. The molecule has 4 heteroatoms. The number of ketones is 1. The molecule has 0 aliphatic heterocycles. The van der Waals surface area contributed by atoms with Crippen LogP contribution in [0.15, 0.2) is 23.8 Å². The number of carboxylic acid groups (broad SMARTS) is 1. The van der Waals surface area contributed by atoms with Crippen molar-refractivity contribution in [3.8, 4) is 0 Å². The summed E-state index contributed by atoms with van der Waals surface area (Å²) < 4.78 is 0. The van der Waals surface area contributed by atoms with E-state index in [9.17, 15) is 19.8 Å². The number of carboxylic acids is 1. The molecule has 0 aromatic heterocycles. The summed E-state index contributed by atoms with van der Waals surface area (Å²) in [5, 5.41) is 22.3. The minimum atomic E-state index is -1.16. The Kier molecular flexibility index (Phi) is 6.01. The molecule has 4 aliphatic carbocycles. The summed E-state index contributed by atoms with van der Waals surface area (Å²) >= 11 is 0. The summed E-state index contributed by atoms with van der Waals surface area (Å²) in [6, 6.07) is 0. The van der Waals surface area contributed by atoms with Gasteiger partial charge in [0.05, 0.1) is 11.5 Å². The van der Waals surface area contributed by atoms with Gasteiger partial charge in [0.25, 0.3) is 0 Å². The lowest BCUT2D eigenvalue weighted by Crippen LogP contribution is -2.58. The topological polar surface area (TPSA) is 74.6 Å². The monoisotopic (exact) mass is 442 g/mol. The van der Waals surface area contributed by atoms with Crippen molar-refractivity contribution in [1.29, 1.82) is 0 Å². The minimum Gasteiger partial charge on any atom is -0.481 e. The van der Waals surface area contributed by atoms with E-state index in [1.54, 1.807) is 0 Å². The van der Waals surface area contributed by atoms with E-state index in [1.807, 2.05) is 6.08 Å². The third-order valence-corrected chi connectivity index (χ3v) is 10.6. The van der Waals surface area contributed by atoms with E-state index >= 15 is 0 Å². The van der Waals surface area contributed by atoms with Gasteiger partial charge >= 0.3 is 5.97 Å². The first-order chi connectivity index (χ1) is 14.9. The Labute approximate surface area is 193 Å². The Morgan fingerprint density at radius 3 is 2.47 bits per heavy atom. The SMILES string of the molecule is C=C(CCC(C(=O)O)C1(O)CCC2C3CCC4=CC(=O)CCC4(C)C3CCC21C)C(C)C. The van der Waals surface area contributed by atoms with Crippen LogP contribution in [0, 0.1) is 40.4 Å². The molecular weight excluding hydrogens is 400 g/mol. The molecule has 4 nitrogen and oxygen atoms in total. The number of aliphatic carboxylic acids is 1. The Morgan fingerprint density at radius 1 is 1.12 bits per heavy atom. The van der Waals surface area contributed by atoms with Crippen molar-refractivity contribution in [3.63, 3.8) is 0 Å². The molecular formula is C28H42O4. The Morgan fingerprint density at radius 2 is 1.81 bits per heavy atom. The molecule has 7 unspecified atom stereocenters. The molecule has 0 radical (unpaired) electrons. The molecule has 2 N–H and O–H groups in total. The van der Waals surface area contributed by atoms with Crippen LogP contribution in [0.4, 0.5) is 0 Å². The molecule has 0 heterocycles. The van der Waals surface area contributed by atoms with Crippen molar-refractivity contribution in [2.24, 2.45) is 40.4 Å². The fourth-order valence-corrected chi connectivity index (χ4v) is 8.37. The molecule has 7 atom stereocenters. The van der Waals surface area contributed by atoms with E-state index in [2.05, 4.69) is 34.3 Å². The summed E-state index contributed by atoms with van der Waals surface area (Å²) in [4.78, 5) is 24.5. The Bertz CT molecular complexity index is 840. The highest BCUT2D eigenvalue weighted by Crippen LogP contribution is 2.68. The summed E-state index contributed by atoms with van der Waals surface area (Å²) in [6.45, 7) is 12.9. The van der Waals surface area contributed by atoms with Crippen LogP contribution >= 0.6 is 0 Å². The highest BCUT2D eigenvalue weighted by Gasteiger charge is 2.66. The first-order valence-corrected chi connectivity index (χ1v) is 12.8. The molecule has 0 saturated heterocycles. The maximum atomic E-state index is 12.4. The predicted octanol–water partition coefficient (Wildman–Crippen LogP) is 5.94. The average molecular weight is 443 g/mol. The van der Waals surface area contributed by atoms with Crippen LogP contribution in [0.2, 0.25) is 0 Å². The average Bonchev–Trinajstić information content (AvgIpc) is 2.99. The van der Waals surface area contributed by atoms with E-state index < -0.39 is 17.5 Å². The molecule has 0 aromatic carbocycles. The van der Waals surface area contributed by atoms with Crippen LogP contribution in [0.5, 0.6) is 0 Å². The van der Waals surface area contributed by atoms with Gasteiger partial charge in [-0.1, -0.05) is 45.4 Å². The smallest absolute Gasteiger partial charge is 0.309 e. The van der Waals surface area contributed by atoms with Gasteiger partial charge in [-0.15, -0.1) is 0 Å². The molecule has 0 amide bonds. The molecule has 4 rings (SSSR count). The van der Waals surface area contributed by atoms with Crippen molar-refractivity contribution in [3.05, 3.63) is 23.8 Å². The second kappa shape index (κ2) is 8.11.